The van der Waals surface area contributed by atoms with Gasteiger partial charge in [-0.25, -0.2) is 0 Å². The summed E-state index contributed by atoms with van der Waals surface area (Å²) in [4.78, 5) is 12.4. The molecular formula is C12H18N2O3. The standard InChI is InChI=1S/C12H18N2O3/c1-4-17-10(2)9-13(3)11-7-5-6-8-12(11)14(15)16/h5-8,10H,4,9H2,1-3H3. The molecule has 0 fully saturated rings. The maximum atomic E-state index is 10.9. The summed E-state index contributed by atoms with van der Waals surface area (Å²) >= 11 is 0. The molecule has 0 amide bonds. The summed E-state index contributed by atoms with van der Waals surface area (Å²) in [7, 11) is 1.83. The molecule has 0 N–H and O–H groups in total. The first-order valence-corrected chi connectivity index (χ1v) is 5.62. The van der Waals surface area contributed by atoms with Crippen molar-refractivity contribution >= 4 is 11.4 Å². The highest BCUT2D eigenvalue weighted by molar-refractivity contribution is 5.62. The van der Waals surface area contributed by atoms with Gasteiger partial charge in [-0.15, -0.1) is 0 Å². The minimum absolute atomic E-state index is 0.0461. The van der Waals surface area contributed by atoms with Crippen molar-refractivity contribution in [1.82, 2.24) is 0 Å². The predicted molar refractivity (Wildman–Crippen MR) is 67.5 cm³/mol. The lowest BCUT2D eigenvalue weighted by Gasteiger charge is -2.23. The third kappa shape index (κ3) is 3.71. The van der Waals surface area contributed by atoms with Gasteiger partial charge >= 0.3 is 0 Å². The molecule has 1 rings (SSSR count). The summed E-state index contributed by atoms with van der Waals surface area (Å²) in [6, 6.07) is 6.72. The maximum Gasteiger partial charge on any atom is 0.292 e. The smallest absolute Gasteiger partial charge is 0.292 e. The Morgan fingerprint density at radius 1 is 1.47 bits per heavy atom. The van der Waals surface area contributed by atoms with Crippen LogP contribution in [0.3, 0.4) is 0 Å². The summed E-state index contributed by atoms with van der Waals surface area (Å²) in [5.74, 6) is 0. The average Bonchev–Trinajstić information content (AvgIpc) is 2.29. The number of hydrogen-bond donors (Lipinski definition) is 0. The Bertz CT molecular complexity index is 382. The van der Waals surface area contributed by atoms with Crippen LogP contribution in [0.15, 0.2) is 24.3 Å². The van der Waals surface area contributed by atoms with Crippen molar-refractivity contribution in [1.29, 1.82) is 0 Å². The van der Waals surface area contributed by atoms with E-state index in [9.17, 15) is 10.1 Å². The second-order valence-corrected chi connectivity index (χ2v) is 3.89. The molecule has 1 aromatic rings. The van der Waals surface area contributed by atoms with Crippen molar-refractivity contribution in [2.45, 2.75) is 20.0 Å². The second-order valence-electron chi connectivity index (χ2n) is 3.89. The van der Waals surface area contributed by atoms with E-state index in [4.69, 9.17) is 4.74 Å². The van der Waals surface area contributed by atoms with Gasteiger partial charge in [-0.05, 0) is 19.9 Å². The number of hydrogen-bond acceptors (Lipinski definition) is 4. The van der Waals surface area contributed by atoms with Crippen molar-refractivity contribution in [3.63, 3.8) is 0 Å². The normalized spacial score (nSPS) is 12.2. The minimum Gasteiger partial charge on any atom is -0.377 e. The highest BCUT2D eigenvalue weighted by Gasteiger charge is 2.17. The molecule has 0 aliphatic heterocycles. The molecule has 0 saturated heterocycles. The topological polar surface area (TPSA) is 55.6 Å². The van der Waals surface area contributed by atoms with Crippen LogP contribution >= 0.6 is 0 Å². The van der Waals surface area contributed by atoms with Gasteiger partial charge in [-0.2, -0.15) is 0 Å². The van der Waals surface area contributed by atoms with Gasteiger partial charge in [-0.1, -0.05) is 12.1 Å². The molecule has 0 aromatic heterocycles. The Labute approximate surface area is 101 Å². The fraction of sp³-hybridized carbons (Fsp3) is 0.500. The molecule has 5 heteroatoms. The first-order valence-electron chi connectivity index (χ1n) is 5.62. The summed E-state index contributed by atoms with van der Waals surface area (Å²) in [6.07, 6.45) is 0.0461. The van der Waals surface area contributed by atoms with E-state index in [1.807, 2.05) is 25.8 Å². The molecule has 1 atom stereocenters. The van der Waals surface area contributed by atoms with Gasteiger partial charge in [-0.3, -0.25) is 10.1 Å². The number of nitrogens with zero attached hydrogens (tertiary/aromatic N) is 2. The maximum absolute atomic E-state index is 10.9. The Morgan fingerprint density at radius 3 is 2.71 bits per heavy atom. The van der Waals surface area contributed by atoms with Crippen LogP contribution in [0, 0.1) is 10.1 Å². The van der Waals surface area contributed by atoms with Crippen LogP contribution in [0.4, 0.5) is 11.4 Å². The zero-order valence-corrected chi connectivity index (χ0v) is 10.4. The van der Waals surface area contributed by atoms with Gasteiger partial charge in [0.05, 0.1) is 11.0 Å². The highest BCUT2D eigenvalue weighted by atomic mass is 16.6. The molecule has 1 unspecified atom stereocenters. The van der Waals surface area contributed by atoms with Crippen molar-refractivity contribution in [3.05, 3.63) is 34.4 Å². The van der Waals surface area contributed by atoms with E-state index in [0.717, 1.165) is 0 Å². The lowest BCUT2D eigenvalue weighted by atomic mass is 10.2. The third-order valence-corrected chi connectivity index (χ3v) is 2.47. The van der Waals surface area contributed by atoms with Crippen LogP contribution in [0.25, 0.3) is 0 Å². The van der Waals surface area contributed by atoms with Gasteiger partial charge in [0.15, 0.2) is 0 Å². The molecule has 17 heavy (non-hydrogen) atoms. The fourth-order valence-corrected chi connectivity index (χ4v) is 1.76. The highest BCUT2D eigenvalue weighted by Crippen LogP contribution is 2.26. The van der Waals surface area contributed by atoms with Crippen LogP contribution in [-0.4, -0.2) is 31.2 Å². The Balaban J connectivity index is 2.81. The second kappa shape index (κ2) is 6.20. The molecule has 0 aliphatic rings. The van der Waals surface area contributed by atoms with E-state index in [2.05, 4.69) is 0 Å². The summed E-state index contributed by atoms with van der Waals surface area (Å²) < 4.78 is 5.42. The molecule has 5 nitrogen and oxygen atoms in total. The van der Waals surface area contributed by atoms with Gasteiger partial charge in [0, 0.05) is 26.3 Å². The minimum atomic E-state index is -0.364. The van der Waals surface area contributed by atoms with Crippen molar-refractivity contribution in [2.75, 3.05) is 25.1 Å². The monoisotopic (exact) mass is 238 g/mol. The zero-order chi connectivity index (χ0) is 12.8. The molecular weight excluding hydrogens is 220 g/mol. The number of anilines is 1. The lowest BCUT2D eigenvalue weighted by Crippen LogP contribution is -2.29. The Hall–Kier alpha value is -1.62. The van der Waals surface area contributed by atoms with Crippen molar-refractivity contribution in [2.24, 2.45) is 0 Å². The van der Waals surface area contributed by atoms with Crippen LogP contribution in [-0.2, 0) is 4.74 Å². The summed E-state index contributed by atoms with van der Waals surface area (Å²) in [5, 5.41) is 10.9. The molecule has 0 heterocycles. The molecule has 0 bridgehead atoms. The van der Waals surface area contributed by atoms with Crippen molar-refractivity contribution in [3.8, 4) is 0 Å². The number of para-hydroxylation sites is 2. The van der Waals surface area contributed by atoms with E-state index in [1.54, 1.807) is 18.2 Å². The number of benzene rings is 1. The van der Waals surface area contributed by atoms with E-state index >= 15 is 0 Å². The van der Waals surface area contributed by atoms with E-state index < -0.39 is 0 Å². The first kappa shape index (κ1) is 13.4. The Kier molecular flexibility index (Phi) is 4.90. The molecule has 94 valence electrons. The van der Waals surface area contributed by atoms with Crippen molar-refractivity contribution < 1.29 is 9.66 Å². The third-order valence-electron chi connectivity index (χ3n) is 2.47. The fourth-order valence-electron chi connectivity index (χ4n) is 1.76. The van der Waals surface area contributed by atoms with E-state index in [1.165, 1.54) is 6.07 Å². The number of nitro groups is 1. The molecule has 0 aliphatic carbocycles. The van der Waals surface area contributed by atoms with E-state index in [-0.39, 0.29) is 16.7 Å². The number of rotatable bonds is 6. The van der Waals surface area contributed by atoms with E-state index in [0.29, 0.717) is 18.8 Å². The molecule has 0 saturated carbocycles. The van der Waals surface area contributed by atoms with Crippen LogP contribution < -0.4 is 4.90 Å². The average molecular weight is 238 g/mol. The van der Waals surface area contributed by atoms with Crippen LogP contribution in [0.2, 0.25) is 0 Å². The summed E-state index contributed by atoms with van der Waals surface area (Å²) in [5.41, 5.74) is 0.739. The first-order chi connectivity index (χ1) is 8.06. The van der Waals surface area contributed by atoms with Gasteiger partial charge < -0.3 is 9.64 Å². The number of nitro benzene ring substituents is 1. The Morgan fingerprint density at radius 2 is 2.12 bits per heavy atom. The predicted octanol–water partition coefficient (Wildman–Crippen LogP) is 2.46. The van der Waals surface area contributed by atoms with Gasteiger partial charge in [0.1, 0.15) is 5.69 Å². The number of likely N-dealkylation sites (N-methyl/N-ethyl adjacent to an activating group) is 1. The molecule has 1 aromatic carbocycles. The SMILES string of the molecule is CCOC(C)CN(C)c1ccccc1[N+](=O)[O-]. The number of ether oxygens (including phenoxy) is 1. The van der Waals surface area contributed by atoms with Gasteiger partial charge in [0.25, 0.3) is 5.69 Å². The van der Waals surface area contributed by atoms with Crippen LogP contribution in [0.1, 0.15) is 13.8 Å². The zero-order valence-electron chi connectivity index (χ0n) is 10.4. The largest absolute Gasteiger partial charge is 0.377 e. The molecule has 0 spiro atoms. The quantitative estimate of drug-likeness (QED) is 0.564. The summed E-state index contributed by atoms with van der Waals surface area (Å²) in [6.45, 7) is 5.15. The van der Waals surface area contributed by atoms with Crippen LogP contribution in [0.5, 0.6) is 0 Å². The molecule has 0 radical (unpaired) electrons. The van der Waals surface area contributed by atoms with Gasteiger partial charge in [0.2, 0.25) is 0 Å². The lowest BCUT2D eigenvalue weighted by molar-refractivity contribution is -0.384.